The van der Waals surface area contributed by atoms with Crippen molar-refractivity contribution in [1.29, 1.82) is 5.41 Å². The molecule has 0 bridgehead atoms. The highest BCUT2D eigenvalue weighted by molar-refractivity contribution is 5.95. The number of nitrogens with one attached hydrogen (secondary N) is 1. The van der Waals surface area contributed by atoms with E-state index in [-0.39, 0.29) is 5.56 Å². The zero-order valence-corrected chi connectivity index (χ0v) is 13.6. The van der Waals surface area contributed by atoms with Crippen LogP contribution in [0.1, 0.15) is 38.1 Å². The monoisotopic (exact) mass is 281 g/mol. The Morgan fingerprint density at radius 1 is 1.10 bits per heavy atom. The average Bonchev–Trinajstić information content (AvgIpc) is 2.49. The molecule has 0 heterocycles. The van der Waals surface area contributed by atoms with E-state index in [0.29, 0.717) is 11.6 Å². The van der Waals surface area contributed by atoms with Gasteiger partial charge in [0.05, 0.1) is 5.56 Å². The van der Waals surface area contributed by atoms with Crippen LogP contribution in [0.25, 0.3) is 0 Å². The van der Waals surface area contributed by atoms with E-state index in [0.717, 1.165) is 0 Å². The molecule has 1 rings (SSSR count). The highest BCUT2D eigenvalue weighted by Crippen LogP contribution is 2.15. The van der Waals surface area contributed by atoms with E-state index < -0.39 is 5.97 Å². The van der Waals surface area contributed by atoms with Crippen molar-refractivity contribution in [3.8, 4) is 0 Å². The van der Waals surface area contributed by atoms with Crippen LogP contribution in [-0.4, -0.2) is 43.1 Å². The van der Waals surface area contributed by atoms with Crippen molar-refractivity contribution in [1.82, 2.24) is 4.90 Å². The molecular formula is C15H27N3O2. The summed E-state index contributed by atoms with van der Waals surface area (Å²) in [6.07, 6.45) is 0. The Hall–Kier alpha value is -2.04. The van der Waals surface area contributed by atoms with Gasteiger partial charge in [-0.15, -0.1) is 0 Å². The highest BCUT2D eigenvalue weighted by Gasteiger charge is 2.10. The number of aromatic carboxylic acids is 1. The summed E-state index contributed by atoms with van der Waals surface area (Å²) in [5, 5.41) is 16.6. The molecule has 0 aromatic heterocycles. The number of hydrogen-bond donors (Lipinski definition) is 2. The van der Waals surface area contributed by atoms with Gasteiger partial charge in [-0.25, -0.2) is 4.79 Å². The Labute approximate surface area is 122 Å². The number of anilines is 1. The second-order valence-corrected chi connectivity index (χ2v) is 3.63. The molecule has 0 saturated carbocycles. The lowest BCUT2D eigenvalue weighted by Crippen LogP contribution is -2.37. The third kappa shape index (κ3) is 6.22. The fourth-order valence-electron chi connectivity index (χ4n) is 1.27. The fourth-order valence-corrected chi connectivity index (χ4v) is 1.27. The first-order valence-electron chi connectivity index (χ1n) is 6.76. The zero-order chi connectivity index (χ0) is 16.3. The van der Waals surface area contributed by atoms with Gasteiger partial charge >= 0.3 is 5.97 Å². The van der Waals surface area contributed by atoms with Crippen LogP contribution in [0.15, 0.2) is 24.3 Å². The predicted octanol–water partition coefficient (Wildman–Crippen LogP) is 3.37. The van der Waals surface area contributed by atoms with E-state index in [1.165, 1.54) is 6.07 Å². The average molecular weight is 281 g/mol. The SMILES string of the molecule is CC.CC.CN(C)C(=N)N(C)c1cccc(C(=O)O)c1. The normalized spacial score (nSPS) is 8.35. The summed E-state index contributed by atoms with van der Waals surface area (Å²) in [5.74, 6) is -0.672. The van der Waals surface area contributed by atoms with E-state index in [9.17, 15) is 4.79 Å². The lowest BCUT2D eigenvalue weighted by atomic mass is 10.2. The maximum Gasteiger partial charge on any atom is 0.335 e. The topological polar surface area (TPSA) is 67.6 Å². The molecule has 2 N–H and O–H groups in total. The Bertz CT molecular complexity index is 417. The lowest BCUT2D eigenvalue weighted by molar-refractivity contribution is 0.0697. The first-order chi connectivity index (χ1) is 9.43. The number of rotatable bonds is 2. The van der Waals surface area contributed by atoms with E-state index in [4.69, 9.17) is 10.5 Å². The molecule has 0 amide bonds. The van der Waals surface area contributed by atoms with Crippen molar-refractivity contribution in [3.63, 3.8) is 0 Å². The van der Waals surface area contributed by atoms with Crippen LogP contribution >= 0.6 is 0 Å². The van der Waals surface area contributed by atoms with Gasteiger partial charge in [0.25, 0.3) is 0 Å². The molecule has 0 aliphatic carbocycles. The molecule has 1 aromatic rings. The molecule has 0 spiro atoms. The second kappa shape index (κ2) is 10.8. The molecule has 5 nitrogen and oxygen atoms in total. The molecule has 0 atom stereocenters. The summed E-state index contributed by atoms with van der Waals surface area (Å²) in [6, 6.07) is 6.50. The summed E-state index contributed by atoms with van der Waals surface area (Å²) in [6.45, 7) is 8.00. The molecule has 5 heteroatoms. The summed E-state index contributed by atoms with van der Waals surface area (Å²) in [7, 11) is 5.25. The molecule has 0 saturated heterocycles. The van der Waals surface area contributed by atoms with Gasteiger partial charge in [-0.2, -0.15) is 0 Å². The van der Waals surface area contributed by atoms with E-state index in [1.807, 2.05) is 27.7 Å². The molecule has 20 heavy (non-hydrogen) atoms. The van der Waals surface area contributed by atoms with Crippen LogP contribution in [0.3, 0.4) is 0 Å². The van der Waals surface area contributed by atoms with Crippen LogP contribution in [0, 0.1) is 5.41 Å². The van der Waals surface area contributed by atoms with Crippen molar-refractivity contribution in [2.75, 3.05) is 26.0 Å². The Kier molecular flexibility index (Phi) is 11.0. The lowest BCUT2D eigenvalue weighted by Gasteiger charge is -2.25. The van der Waals surface area contributed by atoms with E-state index in [1.54, 1.807) is 49.1 Å². The maximum atomic E-state index is 10.8. The number of benzene rings is 1. The third-order valence-corrected chi connectivity index (χ3v) is 2.22. The van der Waals surface area contributed by atoms with Gasteiger partial charge in [0.2, 0.25) is 0 Å². The zero-order valence-electron chi connectivity index (χ0n) is 13.6. The summed E-state index contributed by atoms with van der Waals surface area (Å²) >= 11 is 0. The van der Waals surface area contributed by atoms with Crippen LogP contribution in [0.2, 0.25) is 0 Å². The number of carboxylic acid groups (broad SMARTS) is 1. The molecule has 114 valence electrons. The Morgan fingerprint density at radius 2 is 1.60 bits per heavy atom. The van der Waals surface area contributed by atoms with Crippen LogP contribution in [0.5, 0.6) is 0 Å². The molecule has 1 aromatic carbocycles. The minimum atomic E-state index is -0.966. The van der Waals surface area contributed by atoms with Crippen molar-refractivity contribution < 1.29 is 9.90 Å². The molecule has 0 aliphatic heterocycles. The quantitative estimate of drug-likeness (QED) is 0.644. The molecule has 0 unspecified atom stereocenters. The molecule has 0 radical (unpaired) electrons. The van der Waals surface area contributed by atoms with Crippen molar-refractivity contribution in [3.05, 3.63) is 29.8 Å². The van der Waals surface area contributed by atoms with Gasteiger partial charge in [-0.05, 0) is 18.2 Å². The van der Waals surface area contributed by atoms with Gasteiger partial charge in [-0.1, -0.05) is 33.8 Å². The number of guanidine groups is 1. The minimum absolute atomic E-state index is 0.218. The van der Waals surface area contributed by atoms with Gasteiger partial charge in [0.1, 0.15) is 0 Å². The van der Waals surface area contributed by atoms with Crippen molar-refractivity contribution in [2.24, 2.45) is 0 Å². The van der Waals surface area contributed by atoms with Gasteiger partial charge in [0.15, 0.2) is 5.96 Å². The molecule has 0 fully saturated rings. The van der Waals surface area contributed by atoms with E-state index in [2.05, 4.69) is 0 Å². The summed E-state index contributed by atoms with van der Waals surface area (Å²) in [5.41, 5.74) is 0.898. The number of carbonyl (C=O) groups is 1. The summed E-state index contributed by atoms with van der Waals surface area (Å²) in [4.78, 5) is 14.1. The van der Waals surface area contributed by atoms with Gasteiger partial charge in [0, 0.05) is 26.8 Å². The van der Waals surface area contributed by atoms with Crippen LogP contribution in [0.4, 0.5) is 5.69 Å². The van der Waals surface area contributed by atoms with E-state index >= 15 is 0 Å². The summed E-state index contributed by atoms with van der Waals surface area (Å²) < 4.78 is 0. The third-order valence-electron chi connectivity index (χ3n) is 2.22. The number of hydrogen-bond acceptors (Lipinski definition) is 2. The van der Waals surface area contributed by atoms with Crippen LogP contribution in [-0.2, 0) is 0 Å². The predicted molar refractivity (Wildman–Crippen MR) is 85.9 cm³/mol. The van der Waals surface area contributed by atoms with Gasteiger partial charge < -0.3 is 14.9 Å². The Balaban J connectivity index is 0. The highest BCUT2D eigenvalue weighted by atomic mass is 16.4. The molecular weight excluding hydrogens is 254 g/mol. The Morgan fingerprint density at radius 3 is 2.00 bits per heavy atom. The standard InChI is InChI=1S/C11H15N3O2.2C2H6/c1-13(2)11(12)14(3)9-6-4-5-8(7-9)10(15)16;2*1-2/h4-7,12H,1-3H3,(H,15,16);2*1-2H3. The van der Waals surface area contributed by atoms with Crippen molar-refractivity contribution >= 4 is 17.6 Å². The largest absolute Gasteiger partial charge is 0.478 e. The van der Waals surface area contributed by atoms with Gasteiger partial charge in [-0.3, -0.25) is 5.41 Å². The van der Waals surface area contributed by atoms with Crippen LogP contribution < -0.4 is 4.90 Å². The maximum absolute atomic E-state index is 10.8. The number of carboxylic acids is 1. The smallest absolute Gasteiger partial charge is 0.335 e. The number of nitrogens with zero attached hydrogens (tertiary/aromatic N) is 2. The molecule has 0 aliphatic rings. The minimum Gasteiger partial charge on any atom is -0.478 e. The first kappa shape index (κ1) is 20.3. The van der Waals surface area contributed by atoms with Crippen molar-refractivity contribution in [2.45, 2.75) is 27.7 Å². The second-order valence-electron chi connectivity index (χ2n) is 3.63. The first-order valence-corrected chi connectivity index (χ1v) is 6.76. The fraction of sp³-hybridized carbons (Fsp3) is 0.467.